The molecule has 1 aliphatic rings. The van der Waals surface area contributed by atoms with Gasteiger partial charge in [-0.15, -0.1) is 5.10 Å². The SMILES string of the molecule is CCc1nnsc1C(=O)N1CCN(C[C@@H](O)c2ccccc2)CC1. The lowest BCUT2D eigenvalue weighted by atomic mass is 10.1. The highest BCUT2D eigenvalue weighted by Gasteiger charge is 2.26. The van der Waals surface area contributed by atoms with E-state index in [2.05, 4.69) is 14.5 Å². The summed E-state index contributed by atoms with van der Waals surface area (Å²) in [6, 6.07) is 9.69. The maximum absolute atomic E-state index is 12.6. The van der Waals surface area contributed by atoms with Crippen molar-refractivity contribution < 1.29 is 9.90 Å². The minimum absolute atomic E-state index is 0.0325. The number of aliphatic hydroxyl groups excluding tert-OH is 1. The number of piperazine rings is 1. The number of hydrogen-bond acceptors (Lipinski definition) is 6. The molecular formula is C17H22N4O2S. The Balaban J connectivity index is 1.53. The van der Waals surface area contributed by atoms with Gasteiger partial charge in [-0.1, -0.05) is 41.7 Å². The zero-order chi connectivity index (χ0) is 16.9. The van der Waals surface area contributed by atoms with Gasteiger partial charge in [0.1, 0.15) is 4.88 Å². The van der Waals surface area contributed by atoms with E-state index in [4.69, 9.17) is 0 Å². The van der Waals surface area contributed by atoms with Crippen LogP contribution in [0.1, 0.15) is 34.0 Å². The van der Waals surface area contributed by atoms with Crippen LogP contribution in [0.2, 0.25) is 0 Å². The summed E-state index contributed by atoms with van der Waals surface area (Å²) in [6.45, 7) is 5.44. The van der Waals surface area contributed by atoms with Crippen molar-refractivity contribution in [3.8, 4) is 0 Å². The number of nitrogens with zero attached hydrogens (tertiary/aromatic N) is 4. The van der Waals surface area contributed by atoms with E-state index in [9.17, 15) is 9.90 Å². The molecule has 6 nitrogen and oxygen atoms in total. The van der Waals surface area contributed by atoms with Crippen molar-refractivity contribution in [3.63, 3.8) is 0 Å². The van der Waals surface area contributed by atoms with Crippen LogP contribution in [0.5, 0.6) is 0 Å². The van der Waals surface area contributed by atoms with Gasteiger partial charge in [-0.2, -0.15) is 0 Å². The Morgan fingerprint density at radius 1 is 1.25 bits per heavy atom. The average molecular weight is 346 g/mol. The molecule has 1 fully saturated rings. The first-order chi connectivity index (χ1) is 11.7. The molecule has 1 amide bonds. The number of carbonyl (C=O) groups is 1. The highest BCUT2D eigenvalue weighted by atomic mass is 32.1. The van der Waals surface area contributed by atoms with Crippen LogP contribution in [0, 0.1) is 0 Å². The van der Waals surface area contributed by atoms with E-state index < -0.39 is 6.10 Å². The van der Waals surface area contributed by atoms with Crippen molar-refractivity contribution in [1.29, 1.82) is 0 Å². The van der Waals surface area contributed by atoms with Crippen molar-refractivity contribution in [2.24, 2.45) is 0 Å². The first-order valence-electron chi connectivity index (χ1n) is 8.25. The Kier molecular flexibility index (Phi) is 5.55. The van der Waals surface area contributed by atoms with Crippen LogP contribution in [0.3, 0.4) is 0 Å². The number of aromatic nitrogens is 2. The van der Waals surface area contributed by atoms with Crippen molar-refractivity contribution in [2.75, 3.05) is 32.7 Å². The van der Waals surface area contributed by atoms with Gasteiger partial charge < -0.3 is 10.0 Å². The van der Waals surface area contributed by atoms with E-state index in [1.807, 2.05) is 42.2 Å². The molecule has 0 radical (unpaired) electrons. The Morgan fingerprint density at radius 3 is 2.62 bits per heavy atom. The molecule has 0 saturated carbocycles. The molecule has 1 N–H and O–H groups in total. The van der Waals surface area contributed by atoms with Gasteiger partial charge >= 0.3 is 0 Å². The van der Waals surface area contributed by atoms with Crippen LogP contribution in [0.25, 0.3) is 0 Å². The molecule has 1 aromatic heterocycles. The van der Waals surface area contributed by atoms with Gasteiger partial charge in [0.25, 0.3) is 5.91 Å². The second-order valence-corrected chi connectivity index (χ2v) is 6.68. The predicted octanol–water partition coefficient (Wildman–Crippen LogP) is 1.59. The molecule has 0 spiro atoms. The Hall–Kier alpha value is -1.83. The van der Waals surface area contributed by atoms with E-state index in [0.29, 0.717) is 24.5 Å². The predicted molar refractivity (Wildman–Crippen MR) is 93.0 cm³/mol. The third kappa shape index (κ3) is 3.80. The molecule has 0 aliphatic carbocycles. The average Bonchev–Trinajstić information content (AvgIpc) is 3.11. The summed E-state index contributed by atoms with van der Waals surface area (Å²) in [4.78, 5) is 17.3. The number of amides is 1. The number of aryl methyl sites for hydroxylation is 1. The second-order valence-electron chi connectivity index (χ2n) is 5.92. The molecule has 2 aromatic rings. The van der Waals surface area contributed by atoms with Crippen LogP contribution >= 0.6 is 11.5 Å². The molecule has 2 heterocycles. The molecule has 1 aromatic carbocycles. The topological polar surface area (TPSA) is 69.6 Å². The molecule has 128 valence electrons. The van der Waals surface area contributed by atoms with E-state index in [1.165, 1.54) is 11.5 Å². The van der Waals surface area contributed by atoms with Gasteiger partial charge in [0, 0.05) is 32.7 Å². The summed E-state index contributed by atoms with van der Waals surface area (Å²) >= 11 is 1.18. The summed E-state index contributed by atoms with van der Waals surface area (Å²) in [6.07, 6.45) is 0.228. The van der Waals surface area contributed by atoms with Gasteiger partial charge in [-0.25, -0.2) is 0 Å². The molecule has 24 heavy (non-hydrogen) atoms. The first-order valence-corrected chi connectivity index (χ1v) is 9.02. The molecule has 0 unspecified atom stereocenters. The number of rotatable bonds is 5. The van der Waals surface area contributed by atoms with Crippen molar-refractivity contribution >= 4 is 17.4 Å². The molecule has 7 heteroatoms. The summed E-state index contributed by atoms with van der Waals surface area (Å²) < 4.78 is 3.90. The van der Waals surface area contributed by atoms with E-state index >= 15 is 0 Å². The van der Waals surface area contributed by atoms with Crippen molar-refractivity contribution in [1.82, 2.24) is 19.4 Å². The Morgan fingerprint density at radius 2 is 1.96 bits per heavy atom. The standard InChI is InChI=1S/C17H22N4O2S/c1-2-14-16(24-19-18-14)17(23)21-10-8-20(9-11-21)12-15(22)13-6-4-3-5-7-13/h3-7,15,22H,2,8-12H2,1H3/t15-/m1/s1. The summed E-state index contributed by atoms with van der Waals surface area (Å²) in [7, 11) is 0. The number of benzene rings is 1. The van der Waals surface area contributed by atoms with E-state index in [0.717, 1.165) is 30.8 Å². The fourth-order valence-electron chi connectivity index (χ4n) is 2.90. The largest absolute Gasteiger partial charge is 0.387 e. The van der Waals surface area contributed by atoms with Gasteiger partial charge in [0.05, 0.1) is 11.8 Å². The second kappa shape index (κ2) is 7.83. The van der Waals surface area contributed by atoms with Crippen LogP contribution in [0.4, 0.5) is 0 Å². The molecule has 1 saturated heterocycles. The quantitative estimate of drug-likeness (QED) is 0.890. The lowest BCUT2D eigenvalue weighted by Crippen LogP contribution is -2.49. The Labute approximate surface area is 145 Å². The highest BCUT2D eigenvalue weighted by Crippen LogP contribution is 2.18. The van der Waals surface area contributed by atoms with Gasteiger partial charge in [0.2, 0.25) is 0 Å². The number of β-amino-alcohol motifs (C(OH)–C–C–N with tert-alkyl or cyclic N) is 1. The summed E-state index contributed by atoms with van der Waals surface area (Å²) in [5, 5.41) is 14.3. The molecule has 3 rings (SSSR count). The van der Waals surface area contributed by atoms with Crippen LogP contribution in [-0.4, -0.2) is 63.1 Å². The fraction of sp³-hybridized carbons (Fsp3) is 0.471. The molecular weight excluding hydrogens is 324 g/mol. The minimum atomic E-state index is -0.495. The van der Waals surface area contributed by atoms with E-state index in [1.54, 1.807) is 0 Å². The summed E-state index contributed by atoms with van der Waals surface area (Å²) in [5.74, 6) is 0.0325. The zero-order valence-corrected chi connectivity index (χ0v) is 14.6. The van der Waals surface area contributed by atoms with Crippen LogP contribution < -0.4 is 0 Å². The van der Waals surface area contributed by atoms with E-state index in [-0.39, 0.29) is 5.91 Å². The minimum Gasteiger partial charge on any atom is -0.387 e. The lowest BCUT2D eigenvalue weighted by molar-refractivity contribution is 0.0530. The van der Waals surface area contributed by atoms with Crippen molar-refractivity contribution in [3.05, 3.63) is 46.5 Å². The van der Waals surface area contributed by atoms with Crippen LogP contribution in [0.15, 0.2) is 30.3 Å². The van der Waals surface area contributed by atoms with Gasteiger partial charge in [-0.3, -0.25) is 9.69 Å². The maximum Gasteiger partial charge on any atom is 0.267 e. The fourth-order valence-corrected chi connectivity index (χ4v) is 3.62. The van der Waals surface area contributed by atoms with Crippen LogP contribution in [-0.2, 0) is 6.42 Å². The van der Waals surface area contributed by atoms with Gasteiger partial charge in [-0.05, 0) is 23.5 Å². The normalized spacial score (nSPS) is 17.0. The third-order valence-electron chi connectivity index (χ3n) is 4.36. The number of carbonyl (C=O) groups excluding carboxylic acids is 1. The number of aliphatic hydroxyl groups is 1. The highest BCUT2D eigenvalue weighted by molar-refractivity contribution is 7.08. The third-order valence-corrected chi connectivity index (χ3v) is 5.12. The first kappa shape index (κ1) is 17.0. The summed E-state index contributed by atoms with van der Waals surface area (Å²) in [5.41, 5.74) is 1.71. The monoisotopic (exact) mass is 346 g/mol. The zero-order valence-electron chi connectivity index (χ0n) is 13.8. The van der Waals surface area contributed by atoms with Crippen molar-refractivity contribution in [2.45, 2.75) is 19.4 Å². The number of hydrogen-bond donors (Lipinski definition) is 1. The maximum atomic E-state index is 12.6. The smallest absolute Gasteiger partial charge is 0.267 e. The molecule has 1 aliphatic heterocycles. The molecule has 0 bridgehead atoms. The lowest BCUT2D eigenvalue weighted by Gasteiger charge is -2.35. The Bertz CT molecular complexity index is 668. The molecule has 1 atom stereocenters. The van der Waals surface area contributed by atoms with Gasteiger partial charge in [0.15, 0.2) is 0 Å².